The van der Waals surface area contributed by atoms with Gasteiger partial charge in [-0.05, 0) is 55.7 Å². The molecule has 4 nitrogen and oxygen atoms in total. The highest BCUT2D eigenvalue weighted by Gasteiger charge is 2.29. The Bertz CT molecular complexity index is 498. The average Bonchev–Trinajstić information content (AvgIpc) is 2.54. The number of amides is 1. The zero-order chi connectivity index (χ0) is 15.9. The first-order valence-corrected chi connectivity index (χ1v) is 8.10. The maximum atomic E-state index is 11.8. The highest BCUT2D eigenvalue weighted by molar-refractivity contribution is 6.63. The van der Waals surface area contributed by atoms with E-state index in [1.165, 1.54) is 0 Å². The van der Waals surface area contributed by atoms with Crippen LogP contribution in [-0.2, 0) is 16.1 Å². The van der Waals surface area contributed by atoms with E-state index < -0.39 is 6.09 Å². The Labute approximate surface area is 136 Å². The topological polar surface area (TPSA) is 55.4 Å². The maximum Gasteiger partial charge on any atom is 0.407 e. The van der Waals surface area contributed by atoms with Crippen LogP contribution in [0.5, 0.6) is 0 Å². The fraction of sp³-hybridized carbons (Fsp3) is 0.529. The van der Waals surface area contributed by atoms with Crippen molar-refractivity contribution in [3.05, 3.63) is 35.9 Å². The molecular weight excluding hydrogens is 302 g/mol. The second-order valence-electron chi connectivity index (χ2n) is 5.91. The van der Waals surface area contributed by atoms with Crippen LogP contribution in [-0.4, -0.2) is 17.4 Å². The molecule has 1 aliphatic carbocycles. The first-order valence-electron chi connectivity index (χ1n) is 7.73. The van der Waals surface area contributed by atoms with Crippen molar-refractivity contribution in [1.82, 2.24) is 5.32 Å². The number of benzene rings is 1. The first kappa shape index (κ1) is 16.8. The third-order valence-corrected chi connectivity index (χ3v) is 4.67. The van der Waals surface area contributed by atoms with Crippen molar-refractivity contribution in [2.75, 3.05) is 0 Å². The largest absolute Gasteiger partial charge is 0.445 e. The van der Waals surface area contributed by atoms with Gasteiger partial charge in [-0.1, -0.05) is 30.3 Å². The number of carbonyl (C=O) groups is 2. The van der Waals surface area contributed by atoms with E-state index in [1.807, 2.05) is 37.3 Å². The van der Waals surface area contributed by atoms with Crippen molar-refractivity contribution < 1.29 is 14.3 Å². The number of ether oxygens (including phenoxy) is 1. The molecule has 0 saturated heterocycles. The quantitative estimate of drug-likeness (QED) is 0.837. The van der Waals surface area contributed by atoms with Gasteiger partial charge in [0, 0.05) is 12.0 Å². The second-order valence-corrected chi connectivity index (χ2v) is 6.28. The lowest BCUT2D eigenvalue weighted by Gasteiger charge is -2.30. The molecule has 1 aliphatic rings. The van der Waals surface area contributed by atoms with Crippen LogP contribution in [0.2, 0.25) is 0 Å². The van der Waals surface area contributed by atoms with E-state index >= 15 is 0 Å². The summed E-state index contributed by atoms with van der Waals surface area (Å²) in [6, 6.07) is 9.62. The minimum absolute atomic E-state index is 0.0184. The summed E-state index contributed by atoms with van der Waals surface area (Å²) in [4.78, 5) is 23.0. The van der Waals surface area contributed by atoms with Gasteiger partial charge in [0.15, 0.2) is 0 Å². The lowest BCUT2D eigenvalue weighted by atomic mass is 9.79. The molecule has 1 saturated carbocycles. The Morgan fingerprint density at radius 3 is 2.45 bits per heavy atom. The van der Waals surface area contributed by atoms with Crippen molar-refractivity contribution in [1.29, 1.82) is 0 Å². The molecule has 1 amide bonds. The van der Waals surface area contributed by atoms with Gasteiger partial charge in [0.25, 0.3) is 0 Å². The molecule has 1 N–H and O–H groups in total. The van der Waals surface area contributed by atoms with E-state index in [9.17, 15) is 9.59 Å². The van der Waals surface area contributed by atoms with Crippen LogP contribution in [0.4, 0.5) is 4.79 Å². The van der Waals surface area contributed by atoms with E-state index in [2.05, 4.69) is 5.32 Å². The van der Waals surface area contributed by atoms with Crippen molar-refractivity contribution in [3.8, 4) is 0 Å². The SMILES string of the molecule is CC(NC(=O)OCc1ccccc1)[C@H]1CC[C@H](C(=O)Cl)CC1. The molecule has 0 aliphatic heterocycles. The van der Waals surface area contributed by atoms with Crippen LogP contribution in [0.15, 0.2) is 30.3 Å². The van der Waals surface area contributed by atoms with E-state index in [4.69, 9.17) is 16.3 Å². The highest BCUT2D eigenvalue weighted by atomic mass is 35.5. The Morgan fingerprint density at radius 2 is 1.86 bits per heavy atom. The van der Waals surface area contributed by atoms with Gasteiger partial charge in [-0.25, -0.2) is 4.79 Å². The number of hydrogen-bond donors (Lipinski definition) is 1. The Morgan fingerprint density at radius 1 is 1.23 bits per heavy atom. The molecule has 22 heavy (non-hydrogen) atoms. The predicted octanol–water partition coefficient (Wildman–Crippen LogP) is 3.87. The van der Waals surface area contributed by atoms with Gasteiger partial charge in [-0.15, -0.1) is 0 Å². The van der Waals surface area contributed by atoms with Gasteiger partial charge in [0.05, 0.1) is 0 Å². The molecule has 0 bridgehead atoms. The molecular formula is C17H22ClNO3. The molecule has 0 heterocycles. The van der Waals surface area contributed by atoms with Gasteiger partial charge in [0.1, 0.15) is 6.61 Å². The molecule has 0 spiro atoms. The lowest BCUT2D eigenvalue weighted by Crippen LogP contribution is -2.40. The van der Waals surface area contributed by atoms with E-state index in [1.54, 1.807) is 0 Å². The summed E-state index contributed by atoms with van der Waals surface area (Å²) >= 11 is 5.54. The summed E-state index contributed by atoms with van der Waals surface area (Å²) in [5.41, 5.74) is 0.964. The molecule has 0 radical (unpaired) electrons. The minimum Gasteiger partial charge on any atom is -0.445 e. The van der Waals surface area contributed by atoms with E-state index in [-0.39, 0.29) is 23.8 Å². The highest BCUT2D eigenvalue weighted by Crippen LogP contribution is 2.32. The molecule has 1 fully saturated rings. The van der Waals surface area contributed by atoms with Crippen LogP contribution < -0.4 is 5.32 Å². The van der Waals surface area contributed by atoms with Gasteiger partial charge in [-0.2, -0.15) is 0 Å². The molecule has 1 atom stereocenters. The number of carbonyl (C=O) groups excluding carboxylic acids is 2. The summed E-state index contributed by atoms with van der Waals surface area (Å²) in [6.45, 7) is 2.25. The Hall–Kier alpha value is -1.55. The predicted molar refractivity (Wildman–Crippen MR) is 85.5 cm³/mol. The number of nitrogens with one attached hydrogen (secondary N) is 1. The molecule has 1 aromatic carbocycles. The fourth-order valence-corrected chi connectivity index (χ4v) is 3.13. The fourth-order valence-electron chi connectivity index (χ4n) is 2.91. The van der Waals surface area contributed by atoms with Crippen LogP contribution >= 0.6 is 11.6 Å². The standard InChI is InChI=1S/C17H22ClNO3/c1-12(14-7-9-15(10-8-14)16(18)20)19-17(21)22-11-13-5-3-2-4-6-13/h2-6,12,14-15H,7-11H2,1H3,(H,19,21)/t12?,14-,15-. The van der Waals surface area contributed by atoms with Crippen LogP contribution in [0.25, 0.3) is 0 Å². The van der Waals surface area contributed by atoms with Crippen LogP contribution in [0, 0.1) is 11.8 Å². The Balaban J connectivity index is 1.71. The van der Waals surface area contributed by atoms with Gasteiger partial charge >= 0.3 is 6.09 Å². The van der Waals surface area contributed by atoms with Gasteiger partial charge < -0.3 is 10.1 Å². The van der Waals surface area contributed by atoms with Crippen molar-refractivity contribution >= 4 is 22.9 Å². The molecule has 1 aromatic rings. The Kier molecular flexibility index (Phi) is 6.25. The smallest absolute Gasteiger partial charge is 0.407 e. The maximum absolute atomic E-state index is 11.8. The van der Waals surface area contributed by atoms with Gasteiger partial charge in [0.2, 0.25) is 5.24 Å². The molecule has 2 rings (SSSR count). The molecule has 0 aromatic heterocycles. The third-order valence-electron chi connectivity index (χ3n) is 4.36. The van der Waals surface area contributed by atoms with Crippen LogP contribution in [0.3, 0.4) is 0 Å². The van der Waals surface area contributed by atoms with E-state index in [0.29, 0.717) is 5.92 Å². The minimum atomic E-state index is -0.396. The summed E-state index contributed by atoms with van der Waals surface area (Å²) in [6.07, 6.45) is 3.02. The van der Waals surface area contributed by atoms with Crippen LogP contribution in [0.1, 0.15) is 38.2 Å². The monoisotopic (exact) mass is 323 g/mol. The summed E-state index contributed by atoms with van der Waals surface area (Å²) in [5.74, 6) is 0.353. The summed E-state index contributed by atoms with van der Waals surface area (Å²) in [7, 11) is 0. The average molecular weight is 324 g/mol. The molecule has 1 unspecified atom stereocenters. The van der Waals surface area contributed by atoms with Crippen molar-refractivity contribution in [3.63, 3.8) is 0 Å². The first-order chi connectivity index (χ1) is 10.6. The van der Waals surface area contributed by atoms with E-state index in [0.717, 1.165) is 31.2 Å². The third kappa shape index (κ3) is 5.02. The molecule has 5 heteroatoms. The lowest BCUT2D eigenvalue weighted by molar-refractivity contribution is -0.116. The summed E-state index contributed by atoms with van der Waals surface area (Å²) in [5, 5.41) is 2.65. The number of hydrogen-bond acceptors (Lipinski definition) is 3. The van der Waals surface area contributed by atoms with Crippen molar-refractivity contribution in [2.24, 2.45) is 11.8 Å². The number of alkyl carbamates (subject to hydrolysis) is 1. The second kappa shape index (κ2) is 8.18. The zero-order valence-electron chi connectivity index (χ0n) is 12.8. The number of halogens is 1. The number of rotatable bonds is 5. The normalized spacial score (nSPS) is 22.6. The summed E-state index contributed by atoms with van der Waals surface area (Å²) < 4.78 is 5.22. The zero-order valence-corrected chi connectivity index (χ0v) is 13.5. The van der Waals surface area contributed by atoms with Gasteiger partial charge in [-0.3, -0.25) is 4.79 Å². The molecule has 120 valence electrons. The van der Waals surface area contributed by atoms with Crippen molar-refractivity contribution in [2.45, 2.75) is 45.3 Å².